The van der Waals surface area contributed by atoms with Crippen LogP contribution in [0.5, 0.6) is 0 Å². The van der Waals surface area contributed by atoms with Crippen LogP contribution in [0.1, 0.15) is 21.6 Å². The minimum atomic E-state index is -0.929. The van der Waals surface area contributed by atoms with Crippen LogP contribution in [0.4, 0.5) is 5.69 Å². The summed E-state index contributed by atoms with van der Waals surface area (Å²) in [4.78, 5) is 16.8. The van der Waals surface area contributed by atoms with E-state index in [4.69, 9.17) is 10.4 Å². The maximum atomic E-state index is 10.8. The number of carboxylic acids is 1. The lowest BCUT2D eigenvalue weighted by Crippen LogP contribution is -2.16. The summed E-state index contributed by atoms with van der Waals surface area (Å²) in [5, 5.41) is 17.5. The van der Waals surface area contributed by atoms with Crippen molar-refractivity contribution in [2.75, 3.05) is 11.9 Å². The molecule has 5 heteroatoms. The lowest BCUT2D eigenvalue weighted by Gasteiger charge is -2.19. The van der Waals surface area contributed by atoms with Crippen LogP contribution in [-0.2, 0) is 6.54 Å². The molecule has 2 aromatic rings. The zero-order valence-electron chi connectivity index (χ0n) is 10.9. The molecule has 20 heavy (non-hydrogen) atoms. The van der Waals surface area contributed by atoms with E-state index >= 15 is 0 Å². The fourth-order valence-electron chi connectivity index (χ4n) is 1.80. The predicted molar refractivity (Wildman–Crippen MR) is 74.5 cm³/mol. The van der Waals surface area contributed by atoms with Gasteiger partial charge in [0.1, 0.15) is 11.8 Å². The van der Waals surface area contributed by atoms with Gasteiger partial charge in [-0.2, -0.15) is 5.26 Å². The number of nitrogens with zero attached hydrogens (tertiary/aromatic N) is 3. The minimum Gasteiger partial charge on any atom is -0.478 e. The molecule has 0 amide bonds. The van der Waals surface area contributed by atoms with Gasteiger partial charge in [0.25, 0.3) is 0 Å². The molecule has 0 radical (unpaired) electrons. The van der Waals surface area contributed by atoms with Crippen molar-refractivity contribution < 1.29 is 9.90 Å². The van der Waals surface area contributed by atoms with Gasteiger partial charge in [-0.3, -0.25) is 0 Å². The normalized spacial score (nSPS) is 9.80. The van der Waals surface area contributed by atoms with Gasteiger partial charge in [-0.25, -0.2) is 9.78 Å². The molecule has 0 bridgehead atoms. The number of hydrogen-bond acceptors (Lipinski definition) is 4. The van der Waals surface area contributed by atoms with E-state index in [1.165, 1.54) is 0 Å². The SMILES string of the molecule is CN(Cc1ccc(C(=O)O)cc1)c1ccc(C#N)nc1. The largest absolute Gasteiger partial charge is 0.478 e. The molecule has 0 aliphatic carbocycles. The van der Waals surface area contributed by atoms with Crippen molar-refractivity contribution in [2.24, 2.45) is 0 Å². The number of rotatable bonds is 4. The monoisotopic (exact) mass is 267 g/mol. The van der Waals surface area contributed by atoms with Gasteiger partial charge < -0.3 is 10.0 Å². The lowest BCUT2D eigenvalue weighted by molar-refractivity contribution is 0.0697. The van der Waals surface area contributed by atoms with Crippen molar-refractivity contribution in [3.05, 3.63) is 59.4 Å². The number of benzene rings is 1. The number of aromatic nitrogens is 1. The molecular weight excluding hydrogens is 254 g/mol. The van der Waals surface area contributed by atoms with Crippen molar-refractivity contribution in [3.63, 3.8) is 0 Å². The Labute approximate surface area is 116 Å². The van der Waals surface area contributed by atoms with Gasteiger partial charge in [-0.15, -0.1) is 0 Å². The maximum absolute atomic E-state index is 10.8. The average Bonchev–Trinajstić information content (AvgIpc) is 2.48. The number of nitriles is 1. The fourth-order valence-corrected chi connectivity index (χ4v) is 1.80. The van der Waals surface area contributed by atoms with Crippen LogP contribution in [0.3, 0.4) is 0 Å². The summed E-state index contributed by atoms with van der Waals surface area (Å²) in [6.07, 6.45) is 1.64. The zero-order chi connectivity index (χ0) is 14.5. The van der Waals surface area contributed by atoms with E-state index in [-0.39, 0.29) is 5.56 Å². The van der Waals surface area contributed by atoms with E-state index in [0.29, 0.717) is 12.2 Å². The van der Waals surface area contributed by atoms with Crippen molar-refractivity contribution in [3.8, 4) is 6.07 Å². The Morgan fingerprint density at radius 3 is 2.50 bits per heavy atom. The fraction of sp³-hybridized carbons (Fsp3) is 0.133. The molecular formula is C15H13N3O2. The highest BCUT2D eigenvalue weighted by Crippen LogP contribution is 2.15. The first-order valence-corrected chi connectivity index (χ1v) is 5.99. The number of pyridine rings is 1. The quantitative estimate of drug-likeness (QED) is 0.919. The Morgan fingerprint density at radius 1 is 1.30 bits per heavy atom. The molecule has 0 saturated carbocycles. The van der Waals surface area contributed by atoms with E-state index in [9.17, 15) is 4.79 Å². The number of hydrogen-bond donors (Lipinski definition) is 1. The number of anilines is 1. The van der Waals surface area contributed by atoms with Gasteiger partial charge in [0, 0.05) is 13.6 Å². The van der Waals surface area contributed by atoms with Gasteiger partial charge in [-0.1, -0.05) is 12.1 Å². The van der Waals surface area contributed by atoms with Crippen LogP contribution < -0.4 is 4.90 Å². The molecule has 2 rings (SSSR count). The number of carboxylic acid groups (broad SMARTS) is 1. The molecule has 5 nitrogen and oxygen atoms in total. The standard InChI is InChI=1S/C15H13N3O2/c1-18(14-7-6-13(8-16)17-9-14)10-11-2-4-12(5-3-11)15(19)20/h2-7,9H,10H2,1H3,(H,19,20). The van der Waals surface area contributed by atoms with Crippen molar-refractivity contribution in [2.45, 2.75) is 6.54 Å². The molecule has 1 aromatic carbocycles. The second kappa shape index (κ2) is 5.85. The first-order chi connectivity index (χ1) is 9.60. The summed E-state index contributed by atoms with van der Waals surface area (Å²) in [5.41, 5.74) is 2.55. The van der Waals surface area contributed by atoms with Gasteiger partial charge in [0.05, 0.1) is 17.4 Å². The Hall–Kier alpha value is -2.87. The Kier molecular flexibility index (Phi) is 3.96. The van der Waals surface area contributed by atoms with E-state index in [0.717, 1.165) is 11.3 Å². The van der Waals surface area contributed by atoms with Gasteiger partial charge >= 0.3 is 5.97 Å². The summed E-state index contributed by atoms with van der Waals surface area (Å²) in [6.45, 7) is 0.632. The molecule has 0 aliphatic heterocycles. The van der Waals surface area contributed by atoms with Crippen LogP contribution in [0.2, 0.25) is 0 Å². The Bertz CT molecular complexity index is 642. The van der Waals surface area contributed by atoms with Crippen molar-refractivity contribution in [1.82, 2.24) is 4.98 Å². The topological polar surface area (TPSA) is 77.2 Å². The number of carbonyl (C=O) groups is 1. The van der Waals surface area contributed by atoms with Crippen LogP contribution >= 0.6 is 0 Å². The lowest BCUT2D eigenvalue weighted by atomic mass is 10.1. The highest BCUT2D eigenvalue weighted by Gasteiger charge is 2.05. The zero-order valence-corrected chi connectivity index (χ0v) is 10.9. The predicted octanol–water partition coefficient (Wildman–Crippen LogP) is 2.29. The van der Waals surface area contributed by atoms with Gasteiger partial charge in [-0.05, 0) is 29.8 Å². The summed E-state index contributed by atoms with van der Waals surface area (Å²) >= 11 is 0. The van der Waals surface area contributed by atoms with Gasteiger partial charge in [0.15, 0.2) is 0 Å². The Morgan fingerprint density at radius 2 is 2.00 bits per heavy atom. The van der Waals surface area contributed by atoms with Crippen LogP contribution in [-0.4, -0.2) is 23.1 Å². The van der Waals surface area contributed by atoms with Crippen LogP contribution in [0, 0.1) is 11.3 Å². The average molecular weight is 267 g/mol. The summed E-state index contributed by atoms with van der Waals surface area (Å²) in [7, 11) is 1.91. The molecule has 0 saturated heterocycles. The van der Waals surface area contributed by atoms with Gasteiger partial charge in [0.2, 0.25) is 0 Å². The van der Waals surface area contributed by atoms with Crippen molar-refractivity contribution in [1.29, 1.82) is 5.26 Å². The van der Waals surface area contributed by atoms with Crippen LogP contribution in [0.15, 0.2) is 42.6 Å². The van der Waals surface area contributed by atoms with E-state index in [1.54, 1.807) is 36.5 Å². The molecule has 100 valence electrons. The highest BCUT2D eigenvalue weighted by atomic mass is 16.4. The summed E-state index contributed by atoms with van der Waals surface area (Å²) in [5.74, 6) is -0.929. The van der Waals surface area contributed by atoms with E-state index in [1.807, 2.05) is 24.1 Å². The van der Waals surface area contributed by atoms with E-state index < -0.39 is 5.97 Å². The molecule has 0 spiro atoms. The summed E-state index contributed by atoms with van der Waals surface area (Å²) in [6, 6.07) is 12.2. The molecule has 0 aliphatic rings. The third kappa shape index (κ3) is 3.12. The Balaban J connectivity index is 2.08. The second-order valence-corrected chi connectivity index (χ2v) is 4.37. The molecule has 1 aromatic heterocycles. The molecule has 1 heterocycles. The molecule has 0 atom stereocenters. The first-order valence-electron chi connectivity index (χ1n) is 5.99. The number of aromatic carboxylic acids is 1. The van der Waals surface area contributed by atoms with Crippen molar-refractivity contribution >= 4 is 11.7 Å². The second-order valence-electron chi connectivity index (χ2n) is 4.37. The smallest absolute Gasteiger partial charge is 0.335 e. The third-order valence-corrected chi connectivity index (χ3v) is 2.92. The van der Waals surface area contributed by atoms with E-state index in [2.05, 4.69) is 4.98 Å². The maximum Gasteiger partial charge on any atom is 0.335 e. The molecule has 1 N–H and O–H groups in total. The van der Waals surface area contributed by atoms with Crippen LogP contribution in [0.25, 0.3) is 0 Å². The minimum absolute atomic E-state index is 0.274. The highest BCUT2D eigenvalue weighted by molar-refractivity contribution is 5.87. The molecule has 0 unspecified atom stereocenters. The molecule has 0 fully saturated rings. The third-order valence-electron chi connectivity index (χ3n) is 2.92. The summed E-state index contributed by atoms with van der Waals surface area (Å²) < 4.78 is 0. The first kappa shape index (κ1) is 13.6.